The number of thiophene rings is 1. The molecule has 2 aliphatic rings. The number of nitrogens with zero attached hydrogens (tertiary/aromatic N) is 1. The lowest BCUT2D eigenvalue weighted by Gasteiger charge is -2.25. The van der Waals surface area contributed by atoms with Crippen LogP contribution in [-0.2, 0) is 9.53 Å². The van der Waals surface area contributed by atoms with Crippen LogP contribution in [0.25, 0.3) is 0 Å². The molecule has 27 heavy (non-hydrogen) atoms. The van der Waals surface area contributed by atoms with Crippen molar-refractivity contribution in [2.75, 3.05) is 47.1 Å². The summed E-state index contributed by atoms with van der Waals surface area (Å²) in [6.07, 6.45) is 2.36. The molecule has 8 nitrogen and oxygen atoms in total. The van der Waals surface area contributed by atoms with E-state index in [0.717, 1.165) is 12.8 Å². The first-order chi connectivity index (χ1) is 13.1. The number of likely N-dealkylation sites (N-methyl/N-ethyl adjacent to an activating group) is 1. The molecule has 3 heterocycles. The summed E-state index contributed by atoms with van der Waals surface area (Å²) in [5.41, 5.74) is 0. The Morgan fingerprint density at radius 1 is 1.26 bits per heavy atom. The Bertz CT molecular complexity index is 665. The van der Waals surface area contributed by atoms with E-state index < -0.39 is 0 Å². The van der Waals surface area contributed by atoms with Crippen molar-refractivity contribution in [1.29, 1.82) is 0 Å². The highest BCUT2D eigenvalue weighted by Crippen LogP contribution is 2.39. The Kier molecular flexibility index (Phi) is 6.92. The van der Waals surface area contributed by atoms with Gasteiger partial charge in [-0.05, 0) is 19.9 Å². The molecule has 1 saturated heterocycles. The summed E-state index contributed by atoms with van der Waals surface area (Å²) in [5.74, 6) is 1.10. The zero-order valence-corrected chi connectivity index (χ0v) is 16.6. The second kappa shape index (κ2) is 9.38. The highest BCUT2D eigenvalue weighted by Gasteiger charge is 2.32. The summed E-state index contributed by atoms with van der Waals surface area (Å²) in [4.78, 5) is 27.3. The monoisotopic (exact) mass is 397 g/mol. The Morgan fingerprint density at radius 2 is 2.04 bits per heavy atom. The molecule has 0 unspecified atom stereocenters. The Morgan fingerprint density at radius 3 is 2.85 bits per heavy atom. The minimum absolute atomic E-state index is 0.0379. The Balaban J connectivity index is 1.45. The molecule has 1 fully saturated rings. The van der Waals surface area contributed by atoms with Crippen molar-refractivity contribution in [2.24, 2.45) is 0 Å². The van der Waals surface area contributed by atoms with Crippen LogP contribution in [0.2, 0.25) is 0 Å². The van der Waals surface area contributed by atoms with E-state index in [2.05, 4.69) is 15.5 Å². The summed E-state index contributed by atoms with van der Waals surface area (Å²) in [5, 5.41) is 7.67. The van der Waals surface area contributed by atoms with Gasteiger partial charge in [0.15, 0.2) is 11.5 Å². The second-order valence-corrected chi connectivity index (χ2v) is 7.64. The van der Waals surface area contributed by atoms with E-state index in [4.69, 9.17) is 14.2 Å². The van der Waals surface area contributed by atoms with Gasteiger partial charge in [0.1, 0.15) is 18.1 Å². The van der Waals surface area contributed by atoms with Gasteiger partial charge in [0.2, 0.25) is 5.91 Å². The van der Waals surface area contributed by atoms with Crippen molar-refractivity contribution in [3.8, 4) is 11.5 Å². The molecule has 150 valence electrons. The minimum atomic E-state index is -0.138. The first-order valence-corrected chi connectivity index (χ1v) is 10.1. The number of methoxy groups -OCH3 is 1. The van der Waals surface area contributed by atoms with Crippen LogP contribution in [-0.4, -0.2) is 75.9 Å². The van der Waals surface area contributed by atoms with E-state index in [9.17, 15) is 9.59 Å². The van der Waals surface area contributed by atoms with Crippen molar-refractivity contribution in [1.82, 2.24) is 15.5 Å². The topological polar surface area (TPSA) is 89.1 Å². The summed E-state index contributed by atoms with van der Waals surface area (Å²) in [7, 11) is 3.63. The normalized spacial score (nSPS) is 21.9. The van der Waals surface area contributed by atoms with E-state index in [1.165, 1.54) is 11.3 Å². The quantitative estimate of drug-likeness (QED) is 0.633. The van der Waals surface area contributed by atoms with E-state index in [-0.39, 0.29) is 23.9 Å². The van der Waals surface area contributed by atoms with Crippen LogP contribution in [0.1, 0.15) is 28.9 Å². The highest BCUT2D eigenvalue weighted by molar-refractivity contribution is 7.12. The zero-order chi connectivity index (χ0) is 19.2. The predicted octanol–water partition coefficient (Wildman–Crippen LogP) is 0.865. The van der Waals surface area contributed by atoms with Gasteiger partial charge in [-0.3, -0.25) is 14.5 Å². The average molecular weight is 397 g/mol. The van der Waals surface area contributed by atoms with E-state index in [1.807, 2.05) is 12.4 Å². The van der Waals surface area contributed by atoms with E-state index in [1.54, 1.807) is 7.11 Å². The number of nitrogens with one attached hydrogen (secondary N) is 2. The smallest absolute Gasteiger partial charge is 0.265 e. The number of carbonyl (C=O) groups excluding carboxylic acids is 2. The lowest BCUT2D eigenvalue weighted by atomic mass is 10.1. The Hall–Kier alpha value is -1.84. The molecular weight excluding hydrogens is 370 g/mol. The molecule has 0 bridgehead atoms. The fraction of sp³-hybridized carbons (Fsp3) is 0.667. The standard InChI is InChI=1S/C18H27N3O5S/c1-21-12(9-15(22)19-5-6-24-2)3-4-13(21)10-20-18(23)17-16-14(11-27-17)25-7-8-26-16/h11-13H,3-10H2,1-2H3,(H,19,22)(H,20,23)/t12-,13+/m1/s1. The third-order valence-electron chi connectivity index (χ3n) is 5.04. The lowest BCUT2D eigenvalue weighted by Crippen LogP contribution is -2.42. The number of rotatable bonds is 8. The molecule has 0 saturated carbocycles. The van der Waals surface area contributed by atoms with Crippen LogP contribution in [0.15, 0.2) is 5.38 Å². The maximum atomic E-state index is 12.5. The summed E-state index contributed by atoms with van der Waals surface area (Å²) < 4.78 is 16.0. The molecule has 2 amide bonds. The molecule has 0 aromatic carbocycles. The predicted molar refractivity (Wildman–Crippen MR) is 102 cm³/mol. The number of fused-ring (bicyclic) bond motifs is 1. The maximum Gasteiger partial charge on any atom is 0.265 e. The number of likely N-dealkylation sites (tertiary alicyclic amines) is 1. The SMILES string of the molecule is COCCNC(=O)C[C@H]1CC[C@@H](CNC(=O)c2scc3c2OCCO3)N1C. The number of amides is 2. The van der Waals surface area contributed by atoms with Gasteiger partial charge in [-0.15, -0.1) is 11.3 Å². The fourth-order valence-electron chi connectivity index (χ4n) is 3.47. The zero-order valence-electron chi connectivity index (χ0n) is 15.8. The summed E-state index contributed by atoms with van der Waals surface area (Å²) in [6.45, 7) is 2.57. The van der Waals surface area contributed by atoms with Crippen LogP contribution in [0.5, 0.6) is 11.5 Å². The summed E-state index contributed by atoms with van der Waals surface area (Å²) >= 11 is 1.34. The fourth-order valence-corrected chi connectivity index (χ4v) is 4.32. The summed E-state index contributed by atoms with van der Waals surface area (Å²) in [6, 6.07) is 0.416. The molecule has 0 spiro atoms. The molecule has 0 aliphatic carbocycles. The molecule has 2 atom stereocenters. The molecule has 9 heteroatoms. The molecule has 1 aromatic heterocycles. The molecule has 2 aliphatic heterocycles. The van der Waals surface area contributed by atoms with Crippen LogP contribution in [0.4, 0.5) is 0 Å². The number of hydrogen-bond donors (Lipinski definition) is 2. The van der Waals surface area contributed by atoms with Crippen molar-refractivity contribution < 1.29 is 23.8 Å². The molecule has 2 N–H and O–H groups in total. The van der Waals surface area contributed by atoms with Crippen molar-refractivity contribution in [3.63, 3.8) is 0 Å². The van der Waals surface area contributed by atoms with Crippen molar-refractivity contribution in [3.05, 3.63) is 10.3 Å². The van der Waals surface area contributed by atoms with Crippen LogP contribution >= 0.6 is 11.3 Å². The van der Waals surface area contributed by atoms with Gasteiger partial charge in [-0.1, -0.05) is 0 Å². The first kappa shape index (κ1) is 19.9. The first-order valence-electron chi connectivity index (χ1n) is 9.23. The van der Waals surface area contributed by atoms with E-state index in [0.29, 0.717) is 55.7 Å². The third-order valence-corrected chi connectivity index (χ3v) is 5.98. The molecule has 1 aromatic rings. The van der Waals surface area contributed by atoms with Gasteiger partial charge in [0.25, 0.3) is 5.91 Å². The second-order valence-electron chi connectivity index (χ2n) is 6.76. The van der Waals surface area contributed by atoms with Gasteiger partial charge >= 0.3 is 0 Å². The van der Waals surface area contributed by atoms with Crippen LogP contribution in [0, 0.1) is 0 Å². The van der Waals surface area contributed by atoms with Gasteiger partial charge < -0.3 is 24.8 Å². The van der Waals surface area contributed by atoms with E-state index >= 15 is 0 Å². The van der Waals surface area contributed by atoms with Crippen molar-refractivity contribution >= 4 is 23.2 Å². The average Bonchev–Trinajstić information content (AvgIpc) is 3.24. The van der Waals surface area contributed by atoms with Gasteiger partial charge in [0, 0.05) is 44.1 Å². The minimum Gasteiger partial charge on any atom is -0.485 e. The Labute approximate surface area is 163 Å². The highest BCUT2D eigenvalue weighted by atomic mass is 32.1. The van der Waals surface area contributed by atoms with Gasteiger partial charge in [-0.25, -0.2) is 0 Å². The number of ether oxygens (including phenoxy) is 3. The third kappa shape index (κ3) is 4.91. The number of carbonyl (C=O) groups is 2. The van der Waals surface area contributed by atoms with Crippen molar-refractivity contribution in [2.45, 2.75) is 31.3 Å². The number of hydrogen-bond acceptors (Lipinski definition) is 7. The molecule has 3 rings (SSSR count). The van der Waals surface area contributed by atoms with Crippen LogP contribution < -0.4 is 20.1 Å². The largest absolute Gasteiger partial charge is 0.485 e. The van der Waals surface area contributed by atoms with Gasteiger partial charge in [0.05, 0.1) is 6.61 Å². The lowest BCUT2D eigenvalue weighted by molar-refractivity contribution is -0.122. The van der Waals surface area contributed by atoms with Crippen LogP contribution in [0.3, 0.4) is 0 Å². The molecule has 0 radical (unpaired) electrons. The maximum absolute atomic E-state index is 12.5. The van der Waals surface area contributed by atoms with Gasteiger partial charge in [-0.2, -0.15) is 0 Å². The molecular formula is C18H27N3O5S.